The molecule has 1 N–H and O–H groups in total. The third-order valence-electron chi connectivity index (χ3n) is 9.78. The van der Waals surface area contributed by atoms with Gasteiger partial charge in [0.15, 0.2) is 0 Å². The van der Waals surface area contributed by atoms with Gasteiger partial charge < -0.3 is 5.11 Å². The van der Waals surface area contributed by atoms with Gasteiger partial charge in [0.2, 0.25) is 0 Å². The summed E-state index contributed by atoms with van der Waals surface area (Å²) in [5, 5.41) is 11.6. The van der Waals surface area contributed by atoms with E-state index < -0.39 is 6.10 Å². The third-order valence-corrected chi connectivity index (χ3v) is 9.78. The van der Waals surface area contributed by atoms with Crippen LogP contribution in [0.5, 0.6) is 0 Å². The van der Waals surface area contributed by atoms with Crippen LogP contribution in [0.15, 0.2) is 97.6 Å². The van der Waals surface area contributed by atoms with Gasteiger partial charge in [-0.3, -0.25) is 49.3 Å². The van der Waals surface area contributed by atoms with Crippen LogP contribution in [0.3, 0.4) is 0 Å². The highest BCUT2D eigenvalue weighted by Crippen LogP contribution is 2.11. The molecule has 2 fully saturated rings. The zero-order valence-electron chi connectivity index (χ0n) is 29.5. The zero-order valence-corrected chi connectivity index (χ0v) is 29.5. The average Bonchev–Trinajstić information content (AvgIpc) is 3.29. The Morgan fingerprint density at radius 3 is 0.840 bits per heavy atom. The Labute approximate surface area is 298 Å². The largest absolute Gasteiger partial charge is 0.390 e. The fourth-order valence-corrected chi connectivity index (χ4v) is 6.90. The minimum absolute atomic E-state index is 0.446. The van der Waals surface area contributed by atoms with Crippen LogP contribution in [0, 0.1) is 0 Å². The van der Waals surface area contributed by atoms with E-state index in [1.807, 2.05) is 49.1 Å². The highest BCUT2D eigenvalue weighted by molar-refractivity contribution is 5.06. The molecule has 0 aromatic carbocycles. The third kappa shape index (κ3) is 12.3. The number of aromatic nitrogens is 4. The van der Waals surface area contributed by atoms with Crippen molar-refractivity contribution in [3.05, 3.63) is 120 Å². The van der Waals surface area contributed by atoms with E-state index >= 15 is 0 Å². The predicted octanol–water partition coefficient (Wildman–Crippen LogP) is 2.57. The number of aliphatic hydroxyl groups excluding tert-OH is 1. The summed E-state index contributed by atoms with van der Waals surface area (Å²) in [6, 6.07) is 24.6. The Balaban J connectivity index is 1.09. The van der Waals surface area contributed by atoms with Crippen molar-refractivity contribution in [1.82, 2.24) is 49.3 Å². The SMILES string of the molecule is OC(CN1CCN(Cc2ccccn2)CCN(Cc2ccccn2)CC1)CN1CCN(Cc2ccccn2)CCN(Cc2ccccn2)CC1. The van der Waals surface area contributed by atoms with Crippen LogP contribution in [-0.4, -0.2) is 152 Å². The van der Waals surface area contributed by atoms with Crippen molar-refractivity contribution in [2.45, 2.75) is 32.3 Å². The Bertz CT molecular complexity index is 1270. The first-order valence-electron chi connectivity index (χ1n) is 18.3. The van der Waals surface area contributed by atoms with Gasteiger partial charge in [-0.1, -0.05) is 24.3 Å². The highest BCUT2D eigenvalue weighted by Gasteiger charge is 2.23. The number of rotatable bonds is 12. The molecule has 2 aliphatic heterocycles. The molecule has 0 atom stereocenters. The lowest BCUT2D eigenvalue weighted by Gasteiger charge is -2.31. The van der Waals surface area contributed by atoms with Gasteiger partial charge in [-0.05, 0) is 48.5 Å². The van der Waals surface area contributed by atoms with Crippen molar-refractivity contribution in [3.63, 3.8) is 0 Å². The number of hydrogen-bond donors (Lipinski definition) is 1. The van der Waals surface area contributed by atoms with Crippen molar-refractivity contribution >= 4 is 0 Å². The van der Waals surface area contributed by atoms with Crippen LogP contribution in [0.4, 0.5) is 0 Å². The molecule has 0 aliphatic carbocycles. The molecule has 4 aromatic rings. The summed E-state index contributed by atoms with van der Waals surface area (Å²) in [6.45, 7) is 15.9. The maximum absolute atomic E-state index is 11.6. The van der Waals surface area contributed by atoms with Gasteiger partial charge in [-0.25, -0.2) is 0 Å². The van der Waals surface area contributed by atoms with E-state index in [1.54, 1.807) is 0 Å². The summed E-state index contributed by atoms with van der Waals surface area (Å²) in [6.07, 6.45) is 7.07. The molecule has 11 nitrogen and oxygen atoms in total. The van der Waals surface area contributed by atoms with E-state index in [0.29, 0.717) is 13.1 Å². The highest BCUT2D eigenvalue weighted by atomic mass is 16.3. The van der Waals surface area contributed by atoms with Crippen LogP contribution in [0.2, 0.25) is 0 Å². The van der Waals surface area contributed by atoms with E-state index in [0.717, 1.165) is 127 Å². The Morgan fingerprint density at radius 1 is 0.380 bits per heavy atom. The molecule has 2 saturated heterocycles. The first kappa shape index (κ1) is 36.1. The van der Waals surface area contributed by atoms with Crippen LogP contribution in [-0.2, 0) is 26.2 Å². The Hall–Kier alpha value is -3.68. The van der Waals surface area contributed by atoms with Crippen LogP contribution in [0.25, 0.3) is 0 Å². The van der Waals surface area contributed by atoms with Crippen molar-refractivity contribution in [1.29, 1.82) is 0 Å². The molecule has 266 valence electrons. The quantitative estimate of drug-likeness (QED) is 0.240. The molecule has 0 bridgehead atoms. The molecule has 0 saturated carbocycles. The molecule has 6 heterocycles. The normalized spacial score (nSPS) is 18.9. The number of pyridine rings is 4. The van der Waals surface area contributed by atoms with Crippen LogP contribution < -0.4 is 0 Å². The maximum atomic E-state index is 11.6. The minimum Gasteiger partial charge on any atom is -0.390 e. The molecular formula is C39H54N10O. The van der Waals surface area contributed by atoms with Gasteiger partial charge in [0.25, 0.3) is 0 Å². The number of β-amino-alcohol motifs (C(OH)–C–C–N with tert-alkyl or cyclic N) is 1. The van der Waals surface area contributed by atoms with E-state index in [9.17, 15) is 5.11 Å². The van der Waals surface area contributed by atoms with E-state index in [4.69, 9.17) is 0 Å². The fraction of sp³-hybridized carbons (Fsp3) is 0.487. The number of aliphatic hydroxyl groups is 1. The lowest BCUT2D eigenvalue weighted by atomic mass is 10.2. The van der Waals surface area contributed by atoms with E-state index in [-0.39, 0.29) is 0 Å². The Kier molecular flexibility index (Phi) is 14.2. The summed E-state index contributed by atoms with van der Waals surface area (Å²) in [5.74, 6) is 0. The van der Waals surface area contributed by atoms with E-state index in [1.165, 1.54) is 0 Å². The van der Waals surface area contributed by atoms with Crippen LogP contribution >= 0.6 is 0 Å². The first-order valence-corrected chi connectivity index (χ1v) is 18.3. The molecule has 6 rings (SSSR count). The Morgan fingerprint density at radius 2 is 0.620 bits per heavy atom. The van der Waals surface area contributed by atoms with Gasteiger partial charge in [0.1, 0.15) is 0 Å². The second-order valence-corrected chi connectivity index (χ2v) is 13.6. The smallest absolute Gasteiger partial charge is 0.0793 e. The lowest BCUT2D eigenvalue weighted by Crippen LogP contribution is -2.46. The van der Waals surface area contributed by atoms with Gasteiger partial charge in [-0.2, -0.15) is 0 Å². The second-order valence-electron chi connectivity index (χ2n) is 13.6. The summed E-state index contributed by atoms with van der Waals surface area (Å²) >= 11 is 0. The van der Waals surface area contributed by atoms with Gasteiger partial charge >= 0.3 is 0 Å². The van der Waals surface area contributed by atoms with Gasteiger partial charge in [0, 0.05) is 143 Å². The summed E-state index contributed by atoms with van der Waals surface area (Å²) in [5.41, 5.74) is 4.38. The van der Waals surface area contributed by atoms with Gasteiger partial charge in [0.05, 0.1) is 28.9 Å². The molecule has 50 heavy (non-hydrogen) atoms. The summed E-state index contributed by atoms with van der Waals surface area (Å²) < 4.78 is 0. The standard InChI is InChI=1S/C39H54N10O/c50-39(33-48-25-21-44(29-35-9-1-5-13-40-35)17-18-45(22-26-48)30-36-10-2-6-14-41-36)34-49-27-23-46(31-37-11-3-7-15-42-37)19-20-47(24-28-49)32-38-12-4-8-16-43-38/h1-16,39,50H,17-34H2. The summed E-state index contributed by atoms with van der Waals surface area (Å²) in [7, 11) is 0. The molecule has 0 unspecified atom stereocenters. The molecule has 0 spiro atoms. The molecule has 2 aliphatic rings. The van der Waals surface area contributed by atoms with Gasteiger partial charge in [-0.15, -0.1) is 0 Å². The van der Waals surface area contributed by atoms with Crippen molar-refractivity contribution < 1.29 is 5.11 Å². The lowest BCUT2D eigenvalue weighted by molar-refractivity contribution is 0.0644. The first-order chi connectivity index (χ1) is 24.6. The minimum atomic E-state index is -0.446. The molecule has 4 aromatic heterocycles. The molecule has 0 radical (unpaired) electrons. The number of nitrogens with zero attached hydrogens (tertiary/aromatic N) is 10. The van der Waals surface area contributed by atoms with Crippen molar-refractivity contribution in [2.75, 3.05) is 91.6 Å². The summed E-state index contributed by atoms with van der Waals surface area (Å²) in [4.78, 5) is 33.4. The average molecular weight is 679 g/mol. The molecular weight excluding hydrogens is 624 g/mol. The second kappa shape index (κ2) is 19.6. The van der Waals surface area contributed by atoms with Crippen molar-refractivity contribution in [2.24, 2.45) is 0 Å². The monoisotopic (exact) mass is 678 g/mol. The molecule has 0 amide bonds. The van der Waals surface area contributed by atoms with Crippen LogP contribution in [0.1, 0.15) is 22.8 Å². The predicted molar refractivity (Wildman–Crippen MR) is 197 cm³/mol. The van der Waals surface area contributed by atoms with Crippen molar-refractivity contribution in [3.8, 4) is 0 Å². The topological polar surface area (TPSA) is 91.2 Å². The number of hydrogen-bond acceptors (Lipinski definition) is 11. The molecule has 11 heteroatoms. The van der Waals surface area contributed by atoms with E-state index in [2.05, 4.69) is 97.9 Å². The maximum Gasteiger partial charge on any atom is 0.0793 e. The fourth-order valence-electron chi connectivity index (χ4n) is 6.90. The zero-order chi connectivity index (χ0) is 34.2.